The Labute approximate surface area is 264 Å². The predicted octanol–water partition coefficient (Wildman–Crippen LogP) is 6.91. The molecule has 0 saturated heterocycles. The van der Waals surface area contributed by atoms with E-state index in [-0.39, 0.29) is 41.8 Å². The highest BCUT2D eigenvalue weighted by Gasteiger charge is 2.47. The molecule has 2 bridgehead atoms. The van der Waals surface area contributed by atoms with Gasteiger partial charge in [-0.3, -0.25) is 19.2 Å². The Morgan fingerprint density at radius 2 is 1.56 bits per heavy atom. The fourth-order valence-corrected chi connectivity index (χ4v) is 5.44. The maximum absolute atomic E-state index is 11.7. The van der Waals surface area contributed by atoms with Crippen LogP contribution in [0.5, 0.6) is 0 Å². The van der Waals surface area contributed by atoms with Gasteiger partial charge in [-0.25, -0.2) is 0 Å². The van der Waals surface area contributed by atoms with E-state index in [9.17, 15) is 19.2 Å². The Hall–Kier alpha value is -2.28. The smallest absolute Gasteiger partial charge is 0.311 e. The van der Waals surface area contributed by atoms with Gasteiger partial charge in [0.05, 0.1) is 31.1 Å². The molecule has 0 aromatic heterocycles. The van der Waals surface area contributed by atoms with Crippen molar-refractivity contribution in [3.63, 3.8) is 0 Å². The number of methoxy groups -OCH3 is 1. The Morgan fingerprint density at radius 3 is 2.05 bits per heavy atom. The number of unbranched alkanes of at least 4 members (excludes halogenated alkanes) is 1. The number of fused-ring (bicyclic) bond motifs is 2. The van der Waals surface area contributed by atoms with Gasteiger partial charge in [0.15, 0.2) is 0 Å². The Kier molecular flexibility index (Phi) is 21.9. The summed E-state index contributed by atoms with van der Waals surface area (Å²) in [5.74, 6) is 1.96. The summed E-state index contributed by atoms with van der Waals surface area (Å²) < 4.78 is 20.2. The molecule has 5 atom stereocenters. The number of nitriles is 1. The first-order valence-electron chi connectivity index (χ1n) is 16.0. The third-order valence-electron chi connectivity index (χ3n) is 7.79. The first-order valence-corrected chi connectivity index (χ1v) is 17.1. The summed E-state index contributed by atoms with van der Waals surface area (Å²) in [4.78, 5) is 44.9. The monoisotopic (exact) mass is 627 g/mol. The predicted molar refractivity (Wildman–Crippen MR) is 169 cm³/mol. The normalized spacial score (nSPS) is 20.7. The lowest BCUT2D eigenvalue weighted by atomic mass is 9.88. The van der Waals surface area contributed by atoms with Gasteiger partial charge in [0, 0.05) is 30.3 Å². The van der Waals surface area contributed by atoms with Crippen LogP contribution in [0.25, 0.3) is 0 Å². The number of hydrogen-bond acceptors (Lipinski definition) is 10. The Bertz CT molecular complexity index is 871. The van der Waals surface area contributed by atoms with Crippen LogP contribution in [-0.2, 0) is 38.1 Å². The molecule has 5 unspecified atom stereocenters. The van der Waals surface area contributed by atoms with E-state index >= 15 is 0 Å². The highest BCUT2D eigenvalue weighted by atomic mass is 32.2. The molecule has 0 aromatic carbocycles. The number of hydrogen-bond donors (Lipinski definition) is 0. The second kappa shape index (κ2) is 23.1. The standard InChI is InChI=1S/C16H30O4S.C12H17NO2.C5H10O2/c1-6-8-9-19-14(17)13(3)12-21-11-10-20-15(18)16(4,5)7-2;1-2-3-12(14)15-11-6-8-4-9(11)5-10(8)7-13;1-3-4-5(6)7-2/h13H,6-12H2,1-5H3;8-11H,2-6H2,1H3;3-4H2,1-2H3. The van der Waals surface area contributed by atoms with Gasteiger partial charge < -0.3 is 18.9 Å². The molecule has 2 saturated carbocycles. The second-order valence-corrected chi connectivity index (χ2v) is 13.1. The van der Waals surface area contributed by atoms with Crippen LogP contribution in [0, 0.1) is 40.4 Å². The van der Waals surface area contributed by atoms with Crippen LogP contribution in [0.3, 0.4) is 0 Å². The first-order chi connectivity index (χ1) is 20.4. The lowest BCUT2D eigenvalue weighted by molar-refractivity contribution is -0.153. The van der Waals surface area contributed by atoms with Crippen molar-refractivity contribution in [3.05, 3.63) is 0 Å². The highest BCUT2D eigenvalue weighted by Crippen LogP contribution is 2.49. The molecule has 0 N–H and O–H groups in total. The topological polar surface area (TPSA) is 129 Å². The number of thioether (sulfide) groups is 1. The van der Waals surface area contributed by atoms with Crippen molar-refractivity contribution in [2.24, 2.45) is 29.1 Å². The fourth-order valence-electron chi connectivity index (χ4n) is 4.58. The molecule has 9 nitrogen and oxygen atoms in total. The SMILES string of the molecule is CCCC(=O)OC.CCCC(=O)OC1CC2CC1CC2C#N.CCCCOC(=O)C(C)CSCCOC(=O)C(C)(C)CC. The summed E-state index contributed by atoms with van der Waals surface area (Å²) in [7, 11) is 1.40. The van der Waals surface area contributed by atoms with Crippen molar-refractivity contribution < 1.29 is 38.1 Å². The van der Waals surface area contributed by atoms with Gasteiger partial charge in [-0.05, 0) is 70.6 Å². The van der Waals surface area contributed by atoms with Gasteiger partial charge >= 0.3 is 23.9 Å². The van der Waals surface area contributed by atoms with Gasteiger partial charge in [-0.15, -0.1) is 0 Å². The quantitative estimate of drug-likeness (QED) is 0.101. The molecule has 0 spiro atoms. The molecule has 0 aromatic rings. The minimum Gasteiger partial charge on any atom is -0.469 e. The number of carbonyl (C=O) groups is 4. The van der Waals surface area contributed by atoms with Crippen molar-refractivity contribution in [2.75, 3.05) is 31.8 Å². The average molecular weight is 628 g/mol. The van der Waals surface area contributed by atoms with Gasteiger partial charge in [0.25, 0.3) is 0 Å². The molecule has 10 heteroatoms. The van der Waals surface area contributed by atoms with Crippen molar-refractivity contribution in [1.82, 2.24) is 0 Å². The van der Waals surface area contributed by atoms with Crippen LogP contribution in [0.2, 0.25) is 0 Å². The van der Waals surface area contributed by atoms with Crippen molar-refractivity contribution in [3.8, 4) is 6.07 Å². The van der Waals surface area contributed by atoms with E-state index in [0.717, 1.165) is 51.4 Å². The van der Waals surface area contributed by atoms with E-state index in [0.29, 0.717) is 49.4 Å². The number of carbonyl (C=O) groups excluding carboxylic acids is 4. The highest BCUT2D eigenvalue weighted by molar-refractivity contribution is 7.99. The minimum atomic E-state index is -0.416. The van der Waals surface area contributed by atoms with Crippen LogP contribution < -0.4 is 0 Å². The lowest BCUT2D eigenvalue weighted by Gasteiger charge is -2.24. The van der Waals surface area contributed by atoms with E-state index in [4.69, 9.17) is 19.5 Å². The van der Waals surface area contributed by atoms with Gasteiger partial charge in [0.1, 0.15) is 12.7 Å². The summed E-state index contributed by atoms with van der Waals surface area (Å²) in [5, 5.41) is 8.88. The molecule has 0 heterocycles. The van der Waals surface area contributed by atoms with E-state index in [2.05, 4.69) is 17.7 Å². The van der Waals surface area contributed by atoms with Crippen LogP contribution >= 0.6 is 11.8 Å². The summed E-state index contributed by atoms with van der Waals surface area (Å²) >= 11 is 1.61. The summed E-state index contributed by atoms with van der Waals surface area (Å²) in [6.07, 6.45) is 8.52. The van der Waals surface area contributed by atoms with E-state index in [1.165, 1.54) is 7.11 Å². The maximum Gasteiger partial charge on any atom is 0.311 e. The maximum atomic E-state index is 11.7. The zero-order valence-electron chi connectivity index (χ0n) is 27.9. The third kappa shape index (κ3) is 17.0. The molecule has 0 aliphatic heterocycles. The van der Waals surface area contributed by atoms with E-state index in [1.807, 2.05) is 41.5 Å². The van der Waals surface area contributed by atoms with Crippen molar-refractivity contribution in [1.29, 1.82) is 5.26 Å². The van der Waals surface area contributed by atoms with Gasteiger partial charge in [-0.2, -0.15) is 17.0 Å². The van der Waals surface area contributed by atoms with Crippen LogP contribution in [0.1, 0.15) is 113 Å². The van der Waals surface area contributed by atoms with Crippen LogP contribution in [0.4, 0.5) is 0 Å². The van der Waals surface area contributed by atoms with E-state index < -0.39 is 5.41 Å². The molecule has 248 valence electrons. The van der Waals surface area contributed by atoms with Crippen LogP contribution in [-0.4, -0.2) is 61.8 Å². The summed E-state index contributed by atoms with van der Waals surface area (Å²) in [6.45, 7) is 14.5. The average Bonchev–Trinajstić information content (AvgIpc) is 3.58. The number of ether oxygens (including phenoxy) is 4. The largest absolute Gasteiger partial charge is 0.469 e. The first kappa shape index (κ1) is 40.7. The molecule has 0 radical (unpaired) electrons. The molecule has 2 fully saturated rings. The zero-order chi connectivity index (χ0) is 32.8. The third-order valence-corrected chi connectivity index (χ3v) is 8.98. The molecular formula is C33H57NO8S. The second-order valence-electron chi connectivity index (χ2n) is 11.9. The van der Waals surface area contributed by atoms with Crippen molar-refractivity contribution >= 4 is 35.6 Å². The van der Waals surface area contributed by atoms with Gasteiger partial charge in [-0.1, -0.05) is 41.0 Å². The molecule has 0 amide bonds. The zero-order valence-corrected chi connectivity index (χ0v) is 28.7. The molecule has 43 heavy (non-hydrogen) atoms. The molecule has 2 aliphatic carbocycles. The molecule has 2 rings (SSSR count). The van der Waals surface area contributed by atoms with E-state index in [1.54, 1.807) is 11.8 Å². The summed E-state index contributed by atoms with van der Waals surface area (Å²) in [5.41, 5.74) is -0.416. The Morgan fingerprint density at radius 1 is 0.907 bits per heavy atom. The lowest BCUT2D eigenvalue weighted by Crippen LogP contribution is -2.26. The van der Waals surface area contributed by atoms with Crippen LogP contribution in [0.15, 0.2) is 0 Å². The van der Waals surface area contributed by atoms with Gasteiger partial charge in [0.2, 0.25) is 0 Å². The number of rotatable bonds is 16. The fraction of sp³-hybridized carbons (Fsp3) is 0.848. The minimum absolute atomic E-state index is 0.0662. The molecule has 2 aliphatic rings. The Balaban J connectivity index is 0.000000692. The number of nitrogens with zero attached hydrogens (tertiary/aromatic N) is 1. The summed E-state index contributed by atoms with van der Waals surface area (Å²) in [6, 6.07) is 2.35. The molecular weight excluding hydrogens is 570 g/mol. The number of esters is 4. The van der Waals surface area contributed by atoms with Crippen molar-refractivity contribution in [2.45, 2.75) is 119 Å².